The molecule has 0 bridgehead atoms. The van der Waals surface area contributed by atoms with E-state index in [1.165, 1.54) is 6.92 Å². The Bertz CT molecular complexity index is 624. The lowest BCUT2D eigenvalue weighted by Crippen LogP contribution is -2.57. The molecule has 0 radical (unpaired) electrons. The fourth-order valence-corrected chi connectivity index (χ4v) is 2.59. The van der Waals surface area contributed by atoms with Crippen LogP contribution in [0.1, 0.15) is 25.3 Å². The molecule has 2 atom stereocenters. The van der Waals surface area contributed by atoms with Crippen molar-refractivity contribution in [1.82, 2.24) is 0 Å². The second-order valence-corrected chi connectivity index (χ2v) is 6.07. The maximum Gasteiger partial charge on any atom is 0.430 e. The largest absolute Gasteiger partial charge is 0.458 e. The van der Waals surface area contributed by atoms with Crippen LogP contribution in [0, 0.1) is 0 Å². The molecule has 2 unspecified atom stereocenters. The van der Waals surface area contributed by atoms with Crippen LogP contribution in [0.3, 0.4) is 0 Å². The molecule has 0 amide bonds. The van der Waals surface area contributed by atoms with Crippen LogP contribution >= 0.6 is 0 Å². The predicted molar refractivity (Wildman–Crippen MR) is 86.6 cm³/mol. The van der Waals surface area contributed by atoms with Gasteiger partial charge in [-0.2, -0.15) is 13.2 Å². The van der Waals surface area contributed by atoms with Crippen molar-refractivity contribution >= 4 is 11.9 Å². The first-order chi connectivity index (χ1) is 12.8. The van der Waals surface area contributed by atoms with Crippen molar-refractivity contribution in [1.29, 1.82) is 0 Å². The number of hydrogen-bond donors (Lipinski definition) is 0. The molecule has 150 valence electrons. The first-order valence-corrected chi connectivity index (χ1v) is 8.47. The second-order valence-electron chi connectivity index (χ2n) is 6.07. The Kier molecular flexibility index (Phi) is 7.20. The van der Waals surface area contributed by atoms with E-state index >= 15 is 0 Å². The Hall–Kier alpha value is -2.13. The van der Waals surface area contributed by atoms with E-state index in [1.54, 1.807) is 0 Å². The van der Waals surface area contributed by atoms with Crippen LogP contribution in [-0.2, 0) is 35.1 Å². The molecule has 0 aliphatic carbocycles. The van der Waals surface area contributed by atoms with Gasteiger partial charge in [-0.1, -0.05) is 30.3 Å². The molecule has 27 heavy (non-hydrogen) atoms. The van der Waals surface area contributed by atoms with Crippen LogP contribution in [0.2, 0.25) is 0 Å². The zero-order chi connectivity index (χ0) is 19.9. The molecular formula is C18H21F3O6. The molecule has 9 heteroatoms. The second kappa shape index (κ2) is 9.18. The van der Waals surface area contributed by atoms with E-state index in [0.29, 0.717) is 6.61 Å². The standard InChI is InChI=1S/C18H21F3O6/c1-2-25-15(22)16(23)27-17(18(19,20)21)9-8-14(26-12-17)11-24-10-13-6-4-3-5-7-13/h3-7,14H,2,8-12H2,1H3. The van der Waals surface area contributed by atoms with Crippen LogP contribution in [0.4, 0.5) is 13.2 Å². The minimum atomic E-state index is -4.88. The Morgan fingerprint density at radius 3 is 2.48 bits per heavy atom. The van der Waals surface area contributed by atoms with Gasteiger partial charge < -0.3 is 18.9 Å². The summed E-state index contributed by atoms with van der Waals surface area (Å²) in [6.07, 6.45) is -6.01. The average Bonchev–Trinajstić information content (AvgIpc) is 2.63. The van der Waals surface area contributed by atoms with Gasteiger partial charge in [-0.15, -0.1) is 0 Å². The first kappa shape index (κ1) is 21.2. The predicted octanol–water partition coefficient (Wildman–Crippen LogP) is 2.79. The molecule has 1 aliphatic rings. The molecule has 1 heterocycles. The van der Waals surface area contributed by atoms with Crippen molar-refractivity contribution in [2.24, 2.45) is 0 Å². The van der Waals surface area contributed by atoms with Crippen molar-refractivity contribution in [3.05, 3.63) is 35.9 Å². The maximum absolute atomic E-state index is 13.5. The fraction of sp³-hybridized carbons (Fsp3) is 0.556. The van der Waals surface area contributed by atoms with E-state index in [9.17, 15) is 22.8 Å². The van der Waals surface area contributed by atoms with Crippen LogP contribution in [0.15, 0.2) is 30.3 Å². The Morgan fingerprint density at radius 2 is 1.93 bits per heavy atom. The molecule has 1 aliphatic heterocycles. The Labute approximate surface area is 154 Å². The van der Waals surface area contributed by atoms with Crippen molar-refractivity contribution in [2.75, 3.05) is 19.8 Å². The number of esters is 2. The number of rotatable bonds is 6. The molecule has 0 spiro atoms. The number of carbonyl (C=O) groups is 2. The topological polar surface area (TPSA) is 71.1 Å². The number of halogens is 3. The SMILES string of the molecule is CCOC(=O)C(=O)OC1(C(F)(F)F)CCC(COCc2ccccc2)OC1. The van der Waals surface area contributed by atoms with E-state index in [4.69, 9.17) is 9.47 Å². The molecule has 0 saturated carbocycles. The van der Waals surface area contributed by atoms with Gasteiger partial charge in [0.2, 0.25) is 5.60 Å². The van der Waals surface area contributed by atoms with Crippen molar-refractivity contribution in [2.45, 2.75) is 44.3 Å². The third-order valence-corrected chi connectivity index (χ3v) is 4.08. The summed E-state index contributed by atoms with van der Waals surface area (Å²) in [5.74, 6) is -3.15. The van der Waals surface area contributed by atoms with Crippen LogP contribution in [0.25, 0.3) is 0 Å². The van der Waals surface area contributed by atoms with Crippen molar-refractivity contribution in [3.63, 3.8) is 0 Å². The molecule has 1 saturated heterocycles. The quantitative estimate of drug-likeness (QED) is 0.550. The summed E-state index contributed by atoms with van der Waals surface area (Å²) in [6.45, 7) is 0.789. The minimum absolute atomic E-state index is 0.0373. The van der Waals surface area contributed by atoms with Gasteiger partial charge in [-0.3, -0.25) is 0 Å². The Balaban J connectivity index is 1.89. The lowest BCUT2D eigenvalue weighted by molar-refractivity contribution is -0.302. The lowest BCUT2D eigenvalue weighted by Gasteiger charge is -2.40. The average molecular weight is 390 g/mol. The smallest absolute Gasteiger partial charge is 0.430 e. The van der Waals surface area contributed by atoms with Crippen LogP contribution < -0.4 is 0 Å². The fourth-order valence-electron chi connectivity index (χ4n) is 2.59. The highest BCUT2D eigenvalue weighted by Crippen LogP contribution is 2.41. The van der Waals surface area contributed by atoms with E-state index < -0.39 is 42.8 Å². The van der Waals surface area contributed by atoms with Crippen molar-refractivity contribution in [3.8, 4) is 0 Å². The van der Waals surface area contributed by atoms with Gasteiger partial charge >= 0.3 is 18.1 Å². The molecule has 0 N–H and O–H groups in total. The highest BCUT2D eigenvalue weighted by Gasteiger charge is 2.60. The highest BCUT2D eigenvalue weighted by atomic mass is 19.4. The van der Waals surface area contributed by atoms with Gasteiger partial charge in [0.1, 0.15) is 0 Å². The van der Waals surface area contributed by atoms with Gasteiger partial charge in [0.15, 0.2) is 0 Å². The molecule has 2 rings (SSSR count). The lowest BCUT2D eigenvalue weighted by atomic mass is 9.92. The summed E-state index contributed by atoms with van der Waals surface area (Å²) in [5.41, 5.74) is -1.94. The van der Waals surface area contributed by atoms with Gasteiger partial charge in [-0.25, -0.2) is 9.59 Å². The molecule has 1 fully saturated rings. The van der Waals surface area contributed by atoms with E-state index in [1.807, 2.05) is 30.3 Å². The van der Waals surface area contributed by atoms with E-state index in [-0.39, 0.29) is 19.6 Å². The number of ether oxygens (including phenoxy) is 4. The summed E-state index contributed by atoms with van der Waals surface area (Å²) in [6, 6.07) is 9.30. The zero-order valence-corrected chi connectivity index (χ0v) is 14.8. The summed E-state index contributed by atoms with van der Waals surface area (Å²) in [7, 11) is 0. The first-order valence-electron chi connectivity index (χ1n) is 8.47. The van der Waals surface area contributed by atoms with Crippen molar-refractivity contribution < 1.29 is 41.7 Å². The number of carbonyl (C=O) groups excluding carboxylic acids is 2. The van der Waals surface area contributed by atoms with Gasteiger partial charge in [0.05, 0.1) is 32.5 Å². The van der Waals surface area contributed by atoms with Gasteiger partial charge in [-0.05, 0) is 18.9 Å². The summed E-state index contributed by atoms with van der Waals surface area (Å²) < 4.78 is 60.0. The van der Waals surface area contributed by atoms with E-state index in [2.05, 4.69) is 9.47 Å². The molecule has 0 aromatic heterocycles. The van der Waals surface area contributed by atoms with Gasteiger partial charge in [0, 0.05) is 6.42 Å². The van der Waals surface area contributed by atoms with Crippen LogP contribution in [0.5, 0.6) is 0 Å². The monoisotopic (exact) mass is 390 g/mol. The highest BCUT2D eigenvalue weighted by molar-refractivity contribution is 6.29. The summed E-state index contributed by atoms with van der Waals surface area (Å²) in [4.78, 5) is 22.9. The van der Waals surface area contributed by atoms with E-state index in [0.717, 1.165) is 5.56 Å². The molecular weight excluding hydrogens is 369 g/mol. The summed E-state index contributed by atoms with van der Waals surface area (Å²) in [5, 5.41) is 0. The maximum atomic E-state index is 13.5. The molecule has 1 aromatic rings. The van der Waals surface area contributed by atoms with Crippen LogP contribution in [-0.4, -0.2) is 49.6 Å². The number of alkyl halides is 3. The number of hydrogen-bond acceptors (Lipinski definition) is 6. The number of benzene rings is 1. The normalized spacial score (nSPS) is 22.9. The summed E-state index contributed by atoms with van der Waals surface area (Å²) >= 11 is 0. The molecule has 1 aromatic carbocycles. The minimum Gasteiger partial charge on any atom is -0.458 e. The zero-order valence-electron chi connectivity index (χ0n) is 14.8. The Morgan fingerprint density at radius 1 is 1.22 bits per heavy atom. The molecule has 6 nitrogen and oxygen atoms in total. The third kappa shape index (κ3) is 5.67. The third-order valence-electron chi connectivity index (χ3n) is 4.08. The van der Waals surface area contributed by atoms with Gasteiger partial charge in [0.25, 0.3) is 0 Å².